The molecule has 0 aliphatic heterocycles. The number of aromatic nitrogens is 2. The number of primary amides is 1. The average Bonchev–Trinajstić information content (AvgIpc) is 2.82. The van der Waals surface area contributed by atoms with Crippen molar-refractivity contribution in [3.8, 4) is 11.8 Å². The second-order valence-corrected chi connectivity index (χ2v) is 7.03. The van der Waals surface area contributed by atoms with Gasteiger partial charge in [-0.05, 0) is 25.0 Å². The summed E-state index contributed by atoms with van der Waals surface area (Å²) in [7, 11) is 0. The van der Waals surface area contributed by atoms with E-state index in [4.69, 9.17) is 34.7 Å². The molecule has 0 radical (unpaired) electrons. The fourth-order valence-corrected chi connectivity index (χ4v) is 3.88. The Kier molecular flexibility index (Phi) is 4.52. The summed E-state index contributed by atoms with van der Waals surface area (Å²) in [5, 5.41) is 12.7. The molecule has 1 aliphatic carbocycles. The van der Waals surface area contributed by atoms with E-state index >= 15 is 0 Å². The van der Waals surface area contributed by atoms with E-state index in [9.17, 15) is 23.2 Å². The predicted molar refractivity (Wildman–Crippen MR) is 92.4 cm³/mol. The maximum Gasteiger partial charge on any atom is 0.416 e. The molecule has 2 aromatic rings. The maximum absolute atomic E-state index is 12.9. The van der Waals surface area contributed by atoms with Crippen molar-refractivity contribution in [1.29, 1.82) is 5.26 Å². The van der Waals surface area contributed by atoms with Crippen LogP contribution < -0.4 is 11.5 Å². The van der Waals surface area contributed by atoms with Gasteiger partial charge in [-0.25, -0.2) is 4.68 Å². The number of benzene rings is 1. The number of nitrogens with two attached hydrogens (primary N) is 2. The zero-order valence-electron chi connectivity index (χ0n) is 13.6. The number of nitriles is 1. The van der Waals surface area contributed by atoms with E-state index in [-0.39, 0.29) is 32.8 Å². The predicted octanol–water partition coefficient (Wildman–Crippen LogP) is 3.56. The lowest BCUT2D eigenvalue weighted by Gasteiger charge is -2.38. The molecule has 142 valence electrons. The van der Waals surface area contributed by atoms with Gasteiger partial charge in [0.1, 0.15) is 17.6 Å². The number of carbonyl (C=O) groups is 1. The molecule has 0 spiro atoms. The van der Waals surface area contributed by atoms with Crippen LogP contribution in [-0.2, 0) is 16.4 Å². The van der Waals surface area contributed by atoms with E-state index in [0.717, 1.165) is 4.68 Å². The van der Waals surface area contributed by atoms with Crippen LogP contribution in [0.2, 0.25) is 10.0 Å². The minimum absolute atomic E-state index is 0.117. The number of halogens is 5. The molecule has 1 aliphatic rings. The van der Waals surface area contributed by atoms with Crippen molar-refractivity contribution in [1.82, 2.24) is 9.78 Å². The van der Waals surface area contributed by atoms with Gasteiger partial charge >= 0.3 is 6.18 Å². The Morgan fingerprint density at radius 1 is 1.30 bits per heavy atom. The maximum atomic E-state index is 12.9. The van der Waals surface area contributed by atoms with Gasteiger partial charge in [0.25, 0.3) is 0 Å². The van der Waals surface area contributed by atoms with Gasteiger partial charge in [0.2, 0.25) is 5.91 Å². The number of alkyl halides is 3. The van der Waals surface area contributed by atoms with E-state index in [2.05, 4.69) is 5.10 Å². The largest absolute Gasteiger partial charge is 0.416 e. The molecule has 1 aromatic carbocycles. The quantitative estimate of drug-likeness (QED) is 0.794. The molecule has 0 bridgehead atoms. The molecule has 3 rings (SSSR count). The first-order valence-corrected chi connectivity index (χ1v) is 8.44. The van der Waals surface area contributed by atoms with Crippen molar-refractivity contribution >= 4 is 34.9 Å². The lowest BCUT2D eigenvalue weighted by atomic mass is 9.63. The van der Waals surface area contributed by atoms with E-state index in [0.29, 0.717) is 31.4 Å². The highest BCUT2D eigenvalue weighted by atomic mass is 35.5. The number of anilines is 1. The van der Waals surface area contributed by atoms with Crippen molar-refractivity contribution in [2.75, 3.05) is 5.73 Å². The van der Waals surface area contributed by atoms with Crippen LogP contribution in [0.3, 0.4) is 0 Å². The molecule has 1 heterocycles. The average molecular weight is 418 g/mol. The lowest BCUT2D eigenvalue weighted by molar-refractivity contribution is -0.137. The minimum Gasteiger partial charge on any atom is -0.383 e. The zero-order chi connectivity index (χ0) is 20.1. The van der Waals surface area contributed by atoms with Crippen LogP contribution in [-0.4, -0.2) is 15.7 Å². The summed E-state index contributed by atoms with van der Waals surface area (Å²) in [6, 6.07) is 3.21. The molecule has 6 nitrogen and oxygen atoms in total. The van der Waals surface area contributed by atoms with E-state index in [1.807, 2.05) is 6.07 Å². The van der Waals surface area contributed by atoms with Gasteiger partial charge in [0.15, 0.2) is 5.69 Å². The summed E-state index contributed by atoms with van der Waals surface area (Å²) in [6.45, 7) is 0. The Morgan fingerprint density at radius 2 is 1.85 bits per heavy atom. The standard InChI is InChI=1S/C16H12Cl2F3N5O/c17-8-4-7(16(19,20)21)5-9(18)12(8)26-13(23)11(10(6-22)25-26)15(14(24)27)2-1-3-15/h4-5H,1-3,23H2,(H2,24,27). The fraction of sp³-hybridized carbons (Fsp3) is 0.312. The fourth-order valence-electron chi connectivity index (χ4n) is 3.23. The first kappa shape index (κ1) is 19.3. The van der Waals surface area contributed by atoms with Crippen LogP contribution in [0, 0.1) is 11.3 Å². The molecule has 0 saturated heterocycles. The molecular weight excluding hydrogens is 406 g/mol. The first-order chi connectivity index (χ1) is 12.5. The van der Waals surface area contributed by atoms with Gasteiger partial charge < -0.3 is 11.5 Å². The molecule has 1 saturated carbocycles. The second kappa shape index (κ2) is 6.32. The Balaban J connectivity index is 2.24. The number of rotatable bonds is 3. The molecular formula is C16H12Cl2F3N5O. The van der Waals surface area contributed by atoms with E-state index < -0.39 is 23.1 Å². The van der Waals surface area contributed by atoms with Gasteiger partial charge in [0.05, 0.1) is 21.0 Å². The van der Waals surface area contributed by atoms with Crippen molar-refractivity contribution in [3.63, 3.8) is 0 Å². The van der Waals surface area contributed by atoms with Gasteiger partial charge in [-0.1, -0.05) is 29.6 Å². The molecule has 27 heavy (non-hydrogen) atoms. The topological polar surface area (TPSA) is 111 Å². The number of amides is 1. The Bertz CT molecular complexity index is 966. The zero-order valence-corrected chi connectivity index (χ0v) is 15.1. The number of nitrogens with zero attached hydrogens (tertiary/aromatic N) is 3. The third kappa shape index (κ3) is 2.89. The summed E-state index contributed by atoms with van der Waals surface area (Å²) in [5.41, 5.74) is 9.32. The van der Waals surface area contributed by atoms with Crippen LogP contribution in [0.15, 0.2) is 12.1 Å². The van der Waals surface area contributed by atoms with Crippen LogP contribution in [0.4, 0.5) is 19.0 Å². The second-order valence-electron chi connectivity index (χ2n) is 6.22. The van der Waals surface area contributed by atoms with Gasteiger partial charge in [-0.2, -0.15) is 23.5 Å². The minimum atomic E-state index is -4.65. The smallest absolute Gasteiger partial charge is 0.383 e. The van der Waals surface area contributed by atoms with Crippen LogP contribution in [0.5, 0.6) is 0 Å². The number of carbonyl (C=O) groups excluding carboxylic acids is 1. The van der Waals surface area contributed by atoms with Crippen molar-refractivity contribution in [2.45, 2.75) is 30.9 Å². The molecule has 1 aromatic heterocycles. The molecule has 1 amide bonds. The summed E-state index contributed by atoms with van der Waals surface area (Å²) in [6.07, 6.45) is -3.16. The molecule has 0 atom stereocenters. The molecule has 4 N–H and O–H groups in total. The number of hydrogen-bond donors (Lipinski definition) is 2. The summed E-state index contributed by atoms with van der Waals surface area (Å²) < 4.78 is 39.7. The Morgan fingerprint density at radius 3 is 2.22 bits per heavy atom. The van der Waals surface area contributed by atoms with Gasteiger partial charge in [0, 0.05) is 5.56 Å². The highest BCUT2D eigenvalue weighted by Gasteiger charge is 2.49. The van der Waals surface area contributed by atoms with E-state index in [1.165, 1.54) is 0 Å². The summed E-state index contributed by atoms with van der Waals surface area (Å²) in [4.78, 5) is 12.0. The third-order valence-corrected chi connectivity index (χ3v) is 5.32. The highest BCUT2D eigenvalue weighted by molar-refractivity contribution is 6.38. The van der Waals surface area contributed by atoms with Crippen molar-refractivity contribution in [2.24, 2.45) is 5.73 Å². The lowest BCUT2D eigenvalue weighted by Crippen LogP contribution is -2.47. The molecule has 1 fully saturated rings. The highest BCUT2D eigenvalue weighted by Crippen LogP contribution is 2.48. The Hall–Kier alpha value is -2.44. The number of nitrogen functional groups attached to an aromatic ring is 1. The van der Waals surface area contributed by atoms with Gasteiger partial charge in [-0.15, -0.1) is 0 Å². The molecule has 0 unspecified atom stereocenters. The summed E-state index contributed by atoms with van der Waals surface area (Å²) >= 11 is 12.0. The van der Waals surface area contributed by atoms with E-state index in [1.54, 1.807) is 0 Å². The first-order valence-electron chi connectivity index (χ1n) is 7.68. The SMILES string of the molecule is N#Cc1nn(-c2c(Cl)cc(C(F)(F)F)cc2Cl)c(N)c1C1(C(N)=O)CCC1. The van der Waals surface area contributed by atoms with Gasteiger partial charge in [-0.3, -0.25) is 4.79 Å². The van der Waals surface area contributed by atoms with Crippen molar-refractivity contribution in [3.05, 3.63) is 39.0 Å². The van der Waals surface area contributed by atoms with Crippen LogP contribution in [0.25, 0.3) is 5.69 Å². The molecule has 11 heteroatoms. The normalized spacial score (nSPS) is 15.9. The summed E-state index contributed by atoms with van der Waals surface area (Å²) in [5.74, 6) is -0.769. The van der Waals surface area contributed by atoms with Crippen LogP contribution in [0.1, 0.15) is 36.1 Å². The Labute approximate surface area is 161 Å². The number of hydrogen-bond acceptors (Lipinski definition) is 4. The monoisotopic (exact) mass is 417 g/mol. The third-order valence-electron chi connectivity index (χ3n) is 4.74. The van der Waals surface area contributed by atoms with Crippen molar-refractivity contribution < 1.29 is 18.0 Å². The van der Waals surface area contributed by atoms with Crippen LogP contribution >= 0.6 is 23.2 Å².